The first-order chi connectivity index (χ1) is 8.97. The molecule has 1 amide bonds. The lowest BCUT2D eigenvalue weighted by Crippen LogP contribution is -2.38. The van der Waals surface area contributed by atoms with Crippen molar-refractivity contribution in [2.45, 2.75) is 20.4 Å². The van der Waals surface area contributed by atoms with Crippen LogP contribution < -0.4 is 0 Å². The summed E-state index contributed by atoms with van der Waals surface area (Å²) in [6.45, 7) is 5.80. The SMILES string of the molecule is CCN(CC)C(=O)CN(C)Cc1cc(C(=O)O)no1. The lowest BCUT2D eigenvalue weighted by Gasteiger charge is -2.22. The van der Waals surface area contributed by atoms with Crippen molar-refractivity contribution in [3.63, 3.8) is 0 Å². The minimum absolute atomic E-state index is 0.0328. The van der Waals surface area contributed by atoms with Crippen molar-refractivity contribution in [1.82, 2.24) is 15.0 Å². The van der Waals surface area contributed by atoms with Crippen molar-refractivity contribution < 1.29 is 19.2 Å². The van der Waals surface area contributed by atoms with E-state index in [-0.39, 0.29) is 18.1 Å². The number of rotatable bonds is 7. The van der Waals surface area contributed by atoms with E-state index in [9.17, 15) is 9.59 Å². The number of nitrogens with zero attached hydrogens (tertiary/aromatic N) is 3. The van der Waals surface area contributed by atoms with Gasteiger partial charge in [0.2, 0.25) is 5.91 Å². The van der Waals surface area contributed by atoms with E-state index in [2.05, 4.69) is 5.16 Å². The summed E-state index contributed by atoms with van der Waals surface area (Å²) < 4.78 is 4.89. The highest BCUT2D eigenvalue weighted by atomic mass is 16.5. The molecule has 0 saturated carbocycles. The third kappa shape index (κ3) is 4.36. The van der Waals surface area contributed by atoms with Gasteiger partial charge in [-0.2, -0.15) is 0 Å². The Balaban J connectivity index is 2.52. The number of likely N-dealkylation sites (N-methyl/N-ethyl adjacent to an activating group) is 2. The van der Waals surface area contributed by atoms with Crippen LogP contribution >= 0.6 is 0 Å². The van der Waals surface area contributed by atoms with Gasteiger partial charge >= 0.3 is 5.97 Å². The number of carboxylic acids is 1. The average Bonchev–Trinajstić information content (AvgIpc) is 2.78. The van der Waals surface area contributed by atoms with Crippen LogP contribution in [0.1, 0.15) is 30.1 Å². The number of carbonyl (C=O) groups excluding carboxylic acids is 1. The number of amides is 1. The molecule has 1 heterocycles. The van der Waals surface area contributed by atoms with Crippen LogP contribution in [0.3, 0.4) is 0 Å². The van der Waals surface area contributed by atoms with Crippen molar-refractivity contribution in [3.05, 3.63) is 17.5 Å². The second-order valence-electron chi connectivity index (χ2n) is 4.22. The molecule has 1 aromatic heterocycles. The zero-order valence-electron chi connectivity index (χ0n) is 11.4. The Labute approximate surface area is 111 Å². The molecule has 0 aromatic carbocycles. The standard InChI is InChI=1S/C12H19N3O4/c1-4-15(5-2)11(16)8-14(3)7-9-6-10(12(17)18)13-19-9/h6H,4-5,7-8H2,1-3H3,(H,17,18). The molecule has 19 heavy (non-hydrogen) atoms. The van der Waals surface area contributed by atoms with Crippen LogP contribution in [0, 0.1) is 0 Å². The normalized spacial score (nSPS) is 10.7. The van der Waals surface area contributed by atoms with Crippen molar-refractivity contribution >= 4 is 11.9 Å². The number of carboxylic acid groups (broad SMARTS) is 1. The van der Waals surface area contributed by atoms with E-state index >= 15 is 0 Å². The summed E-state index contributed by atoms with van der Waals surface area (Å²) in [6, 6.07) is 1.36. The fraction of sp³-hybridized carbons (Fsp3) is 0.583. The summed E-state index contributed by atoms with van der Waals surface area (Å²) in [4.78, 5) is 26.0. The molecule has 0 aliphatic heterocycles. The molecule has 0 aliphatic rings. The van der Waals surface area contributed by atoms with E-state index in [4.69, 9.17) is 9.63 Å². The number of aromatic carboxylic acids is 1. The molecule has 0 aliphatic carbocycles. The number of carbonyl (C=O) groups is 2. The summed E-state index contributed by atoms with van der Waals surface area (Å²) in [7, 11) is 1.77. The molecular weight excluding hydrogens is 250 g/mol. The van der Waals surface area contributed by atoms with Gasteiger partial charge in [-0.1, -0.05) is 5.16 Å². The van der Waals surface area contributed by atoms with E-state index < -0.39 is 5.97 Å². The lowest BCUT2D eigenvalue weighted by atomic mass is 10.3. The van der Waals surface area contributed by atoms with Crippen LogP contribution in [0.4, 0.5) is 0 Å². The summed E-state index contributed by atoms with van der Waals surface area (Å²) in [5.74, 6) is -0.672. The predicted octanol–water partition coefficient (Wildman–Crippen LogP) is 0.673. The fourth-order valence-electron chi connectivity index (χ4n) is 1.72. The molecule has 1 aromatic rings. The zero-order valence-corrected chi connectivity index (χ0v) is 11.4. The van der Waals surface area contributed by atoms with Crippen molar-refractivity contribution in [1.29, 1.82) is 0 Å². The molecule has 7 heteroatoms. The second-order valence-corrected chi connectivity index (χ2v) is 4.22. The van der Waals surface area contributed by atoms with Gasteiger partial charge in [0, 0.05) is 19.2 Å². The Bertz CT molecular complexity index is 440. The summed E-state index contributed by atoms with van der Waals surface area (Å²) >= 11 is 0. The third-order valence-electron chi connectivity index (χ3n) is 2.73. The number of aromatic nitrogens is 1. The summed E-state index contributed by atoms with van der Waals surface area (Å²) in [6.07, 6.45) is 0. The van der Waals surface area contributed by atoms with Gasteiger partial charge in [-0.25, -0.2) is 4.79 Å². The van der Waals surface area contributed by atoms with Crippen molar-refractivity contribution in [3.8, 4) is 0 Å². The fourth-order valence-corrected chi connectivity index (χ4v) is 1.72. The zero-order chi connectivity index (χ0) is 14.4. The van der Waals surface area contributed by atoms with Gasteiger partial charge in [0.25, 0.3) is 0 Å². The van der Waals surface area contributed by atoms with Crippen molar-refractivity contribution in [2.75, 3.05) is 26.7 Å². The highest BCUT2D eigenvalue weighted by molar-refractivity contribution is 5.85. The first-order valence-corrected chi connectivity index (χ1v) is 6.13. The maximum Gasteiger partial charge on any atom is 0.358 e. The minimum atomic E-state index is -1.13. The summed E-state index contributed by atoms with van der Waals surface area (Å²) in [5, 5.41) is 12.1. The molecule has 0 fully saturated rings. The van der Waals surface area contributed by atoms with Gasteiger partial charge < -0.3 is 14.5 Å². The largest absolute Gasteiger partial charge is 0.476 e. The Morgan fingerprint density at radius 3 is 2.47 bits per heavy atom. The van der Waals surface area contributed by atoms with Gasteiger partial charge in [-0.15, -0.1) is 0 Å². The Morgan fingerprint density at radius 1 is 1.37 bits per heavy atom. The van der Waals surface area contributed by atoms with Gasteiger partial charge in [-0.3, -0.25) is 9.69 Å². The highest BCUT2D eigenvalue weighted by Gasteiger charge is 2.15. The van der Waals surface area contributed by atoms with Crippen LogP contribution in [0.2, 0.25) is 0 Å². The third-order valence-corrected chi connectivity index (χ3v) is 2.73. The molecular formula is C12H19N3O4. The molecule has 0 radical (unpaired) electrons. The van der Waals surface area contributed by atoms with E-state index in [0.29, 0.717) is 25.4 Å². The number of hydrogen-bond acceptors (Lipinski definition) is 5. The monoisotopic (exact) mass is 269 g/mol. The molecule has 0 bridgehead atoms. The topological polar surface area (TPSA) is 86.9 Å². The smallest absolute Gasteiger partial charge is 0.358 e. The van der Waals surface area contributed by atoms with Crippen LogP contribution in [-0.4, -0.2) is 58.6 Å². The Morgan fingerprint density at radius 2 is 2.00 bits per heavy atom. The molecule has 106 valence electrons. The van der Waals surface area contributed by atoms with Gasteiger partial charge in [0.05, 0.1) is 13.1 Å². The summed E-state index contributed by atoms with van der Waals surface area (Å²) in [5.41, 5.74) is -0.126. The van der Waals surface area contributed by atoms with Crippen molar-refractivity contribution in [2.24, 2.45) is 0 Å². The van der Waals surface area contributed by atoms with E-state index in [1.807, 2.05) is 13.8 Å². The van der Waals surface area contributed by atoms with E-state index in [0.717, 1.165) is 0 Å². The molecule has 0 unspecified atom stereocenters. The van der Waals surface area contributed by atoms with Gasteiger partial charge in [-0.05, 0) is 20.9 Å². The van der Waals surface area contributed by atoms with Crippen LogP contribution in [0.25, 0.3) is 0 Å². The van der Waals surface area contributed by atoms with Gasteiger partial charge in [0.1, 0.15) is 0 Å². The molecule has 0 saturated heterocycles. The second kappa shape index (κ2) is 6.89. The Hall–Kier alpha value is -1.89. The predicted molar refractivity (Wildman–Crippen MR) is 67.7 cm³/mol. The molecule has 1 N–H and O–H groups in total. The lowest BCUT2D eigenvalue weighted by molar-refractivity contribution is -0.131. The quantitative estimate of drug-likeness (QED) is 0.783. The molecule has 1 rings (SSSR count). The number of hydrogen-bond donors (Lipinski definition) is 1. The highest BCUT2D eigenvalue weighted by Crippen LogP contribution is 2.06. The Kier molecular flexibility index (Phi) is 5.50. The van der Waals surface area contributed by atoms with Crippen LogP contribution in [-0.2, 0) is 11.3 Å². The van der Waals surface area contributed by atoms with E-state index in [1.54, 1.807) is 16.8 Å². The first kappa shape index (κ1) is 15.2. The van der Waals surface area contributed by atoms with Crippen LogP contribution in [0.15, 0.2) is 10.6 Å². The molecule has 7 nitrogen and oxygen atoms in total. The minimum Gasteiger partial charge on any atom is -0.476 e. The maximum atomic E-state index is 11.9. The molecule has 0 spiro atoms. The molecule has 0 atom stereocenters. The van der Waals surface area contributed by atoms with Gasteiger partial charge in [0.15, 0.2) is 11.5 Å². The first-order valence-electron chi connectivity index (χ1n) is 6.13. The maximum absolute atomic E-state index is 11.9. The average molecular weight is 269 g/mol. The van der Waals surface area contributed by atoms with Crippen LogP contribution in [0.5, 0.6) is 0 Å². The van der Waals surface area contributed by atoms with E-state index in [1.165, 1.54) is 6.07 Å².